The van der Waals surface area contributed by atoms with E-state index in [2.05, 4.69) is 9.97 Å². The molecule has 0 aliphatic rings. The normalized spacial score (nSPS) is 8.36. The Labute approximate surface area is 86.0 Å². The van der Waals surface area contributed by atoms with E-state index in [0.717, 1.165) is 0 Å². The van der Waals surface area contributed by atoms with Crippen molar-refractivity contribution in [1.29, 1.82) is 0 Å². The second-order valence-corrected chi connectivity index (χ2v) is 1.77. The van der Waals surface area contributed by atoms with Gasteiger partial charge < -0.3 is 5.11 Å². The van der Waals surface area contributed by atoms with Gasteiger partial charge in [0.2, 0.25) is 0 Å². The molecule has 0 bridgehead atoms. The topological polar surface area (TPSA) is 63.1 Å². The molecule has 0 aliphatic carbocycles. The fraction of sp³-hybridized carbons (Fsp3) is 0.167. The summed E-state index contributed by atoms with van der Waals surface area (Å²) in [6.07, 6.45) is 4.35. The molecule has 54 valence electrons. The van der Waals surface area contributed by atoms with Crippen molar-refractivity contribution in [2.24, 2.45) is 0 Å². The van der Waals surface area contributed by atoms with Crippen LogP contribution < -0.4 is 0 Å². The van der Waals surface area contributed by atoms with Gasteiger partial charge in [-0.25, -0.2) is 0 Å². The van der Waals surface area contributed by atoms with Crippen molar-refractivity contribution in [3.05, 3.63) is 24.3 Å². The van der Waals surface area contributed by atoms with Crippen molar-refractivity contribution in [1.82, 2.24) is 9.97 Å². The number of rotatable bonds is 2. The number of carboxylic acid groups (broad SMARTS) is 1. The molecule has 0 fully saturated rings. The molecular formula is C6H7N2NaO2. The third-order valence-electron chi connectivity index (χ3n) is 0.949. The summed E-state index contributed by atoms with van der Waals surface area (Å²) < 4.78 is 0. The van der Waals surface area contributed by atoms with E-state index in [1.54, 1.807) is 0 Å². The molecule has 0 saturated carbocycles. The van der Waals surface area contributed by atoms with Crippen LogP contribution in [0.2, 0.25) is 0 Å². The molecule has 1 rings (SSSR count). The summed E-state index contributed by atoms with van der Waals surface area (Å²) in [5.41, 5.74) is 0.481. The Balaban J connectivity index is 0.000001000. The molecule has 1 N–H and O–H groups in total. The Morgan fingerprint density at radius 3 is 2.73 bits per heavy atom. The molecule has 0 radical (unpaired) electrons. The number of carbonyl (C=O) groups is 1. The third-order valence-corrected chi connectivity index (χ3v) is 0.949. The van der Waals surface area contributed by atoms with Crippen molar-refractivity contribution in [2.45, 2.75) is 6.42 Å². The van der Waals surface area contributed by atoms with Crippen LogP contribution in [-0.4, -0.2) is 50.6 Å². The standard InChI is InChI=1S/C6H6N2O2.Na.H/c9-6(10)3-5-4-7-1-2-8-5;;/h1-2,4H,3H2,(H,9,10);;. The van der Waals surface area contributed by atoms with E-state index in [4.69, 9.17) is 5.11 Å². The van der Waals surface area contributed by atoms with Gasteiger partial charge in [0.25, 0.3) is 0 Å². The summed E-state index contributed by atoms with van der Waals surface area (Å²) >= 11 is 0. The molecule has 1 aromatic heterocycles. The van der Waals surface area contributed by atoms with Crippen LogP contribution in [0, 0.1) is 0 Å². The Morgan fingerprint density at radius 1 is 1.55 bits per heavy atom. The molecule has 4 nitrogen and oxygen atoms in total. The van der Waals surface area contributed by atoms with E-state index in [9.17, 15) is 4.79 Å². The van der Waals surface area contributed by atoms with Crippen LogP contribution in [0.5, 0.6) is 0 Å². The second kappa shape index (κ2) is 5.23. The van der Waals surface area contributed by atoms with E-state index < -0.39 is 5.97 Å². The molecule has 0 atom stereocenters. The van der Waals surface area contributed by atoms with Crippen molar-refractivity contribution in [2.75, 3.05) is 0 Å². The van der Waals surface area contributed by atoms with E-state index in [1.807, 2.05) is 0 Å². The van der Waals surface area contributed by atoms with Gasteiger partial charge in [0.05, 0.1) is 12.1 Å². The Bertz CT molecular complexity index is 227. The molecule has 11 heavy (non-hydrogen) atoms. The first-order valence-corrected chi connectivity index (χ1v) is 2.76. The zero-order valence-electron chi connectivity index (χ0n) is 5.19. The number of hydrogen-bond acceptors (Lipinski definition) is 3. The Hall–Kier alpha value is -0.450. The van der Waals surface area contributed by atoms with E-state index in [1.165, 1.54) is 18.6 Å². The van der Waals surface area contributed by atoms with Gasteiger partial charge >= 0.3 is 35.5 Å². The number of aromatic nitrogens is 2. The molecule has 0 amide bonds. The van der Waals surface area contributed by atoms with Crippen LogP contribution in [0.3, 0.4) is 0 Å². The van der Waals surface area contributed by atoms with Gasteiger partial charge in [-0.3, -0.25) is 14.8 Å². The molecule has 0 unspecified atom stereocenters. The summed E-state index contributed by atoms with van der Waals surface area (Å²) in [5, 5.41) is 8.30. The molecule has 0 saturated heterocycles. The predicted octanol–water partition coefficient (Wildman–Crippen LogP) is -0.545. The van der Waals surface area contributed by atoms with Crippen molar-refractivity contribution >= 4 is 35.5 Å². The minimum absolute atomic E-state index is 0. The summed E-state index contributed by atoms with van der Waals surface area (Å²) in [5.74, 6) is -0.888. The summed E-state index contributed by atoms with van der Waals surface area (Å²) in [7, 11) is 0. The second-order valence-electron chi connectivity index (χ2n) is 1.77. The number of aliphatic carboxylic acids is 1. The molecule has 5 heteroatoms. The first-order valence-electron chi connectivity index (χ1n) is 2.76. The van der Waals surface area contributed by atoms with E-state index >= 15 is 0 Å². The van der Waals surface area contributed by atoms with Crippen LogP contribution in [0.4, 0.5) is 0 Å². The maximum atomic E-state index is 10.1. The molecule has 0 aliphatic heterocycles. The van der Waals surface area contributed by atoms with Gasteiger partial charge in [0, 0.05) is 18.6 Å². The maximum absolute atomic E-state index is 10.1. The monoisotopic (exact) mass is 162 g/mol. The summed E-state index contributed by atoms with van der Waals surface area (Å²) in [6, 6.07) is 0. The van der Waals surface area contributed by atoms with Crippen molar-refractivity contribution in [3.8, 4) is 0 Å². The quantitative estimate of drug-likeness (QED) is 0.593. The SMILES string of the molecule is O=C(O)Cc1cnccn1.[NaH]. The number of carboxylic acids is 1. The van der Waals surface area contributed by atoms with Gasteiger partial charge in [0.15, 0.2) is 0 Å². The van der Waals surface area contributed by atoms with Gasteiger partial charge in [-0.05, 0) is 0 Å². The van der Waals surface area contributed by atoms with Crippen molar-refractivity contribution in [3.63, 3.8) is 0 Å². The van der Waals surface area contributed by atoms with Crippen LogP contribution in [0.15, 0.2) is 18.6 Å². The van der Waals surface area contributed by atoms with Gasteiger partial charge in [-0.2, -0.15) is 0 Å². The fourth-order valence-corrected chi connectivity index (χ4v) is 0.576. The average Bonchev–Trinajstić information content (AvgIpc) is 1.88. The van der Waals surface area contributed by atoms with Gasteiger partial charge in [-0.15, -0.1) is 0 Å². The third kappa shape index (κ3) is 4.08. The van der Waals surface area contributed by atoms with Crippen LogP contribution in [-0.2, 0) is 11.2 Å². The van der Waals surface area contributed by atoms with E-state index in [0.29, 0.717) is 5.69 Å². The summed E-state index contributed by atoms with van der Waals surface area (Å²) in [6.45, 7) is 0. The molecular weight excluding hydrogens is 155 g/mol. The average molecular weight is 162 g/mol. The minimum atomic E-state index is -0.888. The fourth-order valence-electron chi connectivity index (χ4n) is 0.576. The zero-order valence-corrected chi connectivity index (χ0v) is 5.19. The van der Waals surface area contributed by atoms with Crippen molar-refractivity contribution < 1.29 is 9.90 Å². The van der Waals surface area contributed by atoms with Gasteiger partial charge in [-0.1, -0.05) is 0 Å². The van der Waals surface area contributed by atoms with Gasteiger partial charge in [0.1, 0.15) is 0 Å². The van der Waals surface area contributed by atoms with Crippen LogP contribution in [0.25, 0.3) is 0 Å². The number of nitrogens with zero attached hydrogens (tertiary/aromatic N) is 2. The van der Waals surface area contributed by atoms with Crippen LogP contribution in [0.1, 0.15) is 5.69 Å². The molecule has 1 heterocycles. The first kappa shape index (κ1) is 10.6. The predicted molar refractivity (Wildman–Crippen MR) is 40.5 cm³/mol. The van der Waals surface area contributed by atoms with Crippen LogP contribution >= 0.6 is 0 Å². The van der Waals surface area contributed by atoms with E-state index in [-0.39, 0.29) is 36.0 Å². The molecule has 0 aromatic carbocycles. The summed E-state index contributed by atoms with van der Waals surface area (Å²) in [4.78, 5) is 17.6. The first-order chi connectivity index (χ1) is 4.79. The Morgan fingerprint density at radius 2 is 2.27 bits per heavy atom. The Kier molecular flexibility index (Phi) is 5.02. The molecule has 1 aromatic rings. The molecule has 0 spiro atoms. The number of hydrogen-bond donors (Lipinski definition) is 1. The zero-order chi connectivity index (χ0) is 7.40.